The summed E-state index contributed by atoms with van der Waals surface area (Å²) >= 11 is 0. The van der Waals surface area contributed by atoms with Crippen LogP contribution in [0.3, 0.4) is 0 Å². The minimum Gasteiger partial charge on any atom is -0.361 e. The standard InChI is InChI=1S/C22H26N6O/c1-27-10-17(21-24-20(25-26-21)14-6-7-14)22(11-27)12-28(13-22)19(29)8-15-9-23-18-5-3-2-4-16(15)18/h2-5,9,14,17,23H,6-8,10-13H2,1H3,(H,24,25,26). The Labute approximate surface area is 169 Å². The number of likely N-dealkylation sites (N-methyl/N-ethyl adjacent to an activating group) is 1. The van der Waals surface area contributed by atoms with Crippen molar-refractivity contribution in [2.45, 2.75) is 31.1 Å². The molecule has 2 aromatic heterocycles. The summed E-state index contributed by atoms with van der Waals surface area (Å²) in [6.45, 7) is 3.60. The van der Waals surface area contributed by atoms with Crippen molar-refractivity contribution < 1.29 is 4.79 Å². The molecule has 1 amide bonds. The van der Waals surface area contributed by atoms with E-state index in [1.807, 2.05) is 29.3 Å². The Bertz CT molecular complexity index is 1070. The van der Waals surface area contributed by atoms with Gasteiger partial charge in [-0.05, 0) is 31.5 Å². The number of likely N-dealkylation sites (tertiary alicyclic amines) is 2. The molecule has 3 fully saturated rings. The molecule has 0 radical (unpaired) electrons. The normalized spacial score (nSPS) is 23.8. The molecule has 1 spiro atoms. The van der Waals surface area contributed by atoms with Crippen LogP contribution in [0.2, 0.25) is 0 Å². The van der Waals surface area contributed by atoms with Crippen LogP contribution in [0.4, 0.5) is 0 Å². The summed E-state index contributed by atoms with van der Waals surface area (Å²) in [7, 11) is 2.16. The summed E-state index contributed by atoms with van der Waals surface area (Å²) in [5.41, 5.74) is 2.27. The van der Waals surface area contributed by atoms with Gasteiger partial charge in [0.05, 0.1) is 6.42 Å². The van der Waals surface area contributed by atoms with Gasteiger partial charge in [0, 0.05) is 60.5 Å². The van der Waals surface area contributed by atoms with E-state index in [0.717, 1.165) is 54.3 Å². The highest BCUT2D eigenvalue weighted by Crippen LogP contribution is 2.48. The fourth-order valence-corrected chi connectivity index (χ4v) is 5.33. The zero-order chi connectivity index (χ0) is 19.6. The predicted octanol–water partition coefficient (Wildman–Crippen LogP) is 2.26. The Balaban J connectivity index is 1.17. The summed E-state index contributed by atoms with van der Waals surface area (Å²) in [5, 5.41) is 8.83. The molecule has 150 valence electrons. The molecule has 0 bridgehead atoms. The Morgan fingerprint density at radius 2 is 2.07 bits per heavy atom. The van der Waals surface area contributed by atoms with E-state index in [-0.39, 0.29) is 11.3 Å². The van der Waals surface area contributed by atoms with Gasteiger partial charge in [0.2, 0.25) is 5.91 Å². The molecular formula is C22H26N6O. The first-order valence-electron chi connectivity index (χ1n) is 10.5. The topological polar surface area (TPSA) is 80.9 Å². The van der Waals surface area contributed by atoms with Crippen LogP contribution in [0.1, 0.15) is 41.9 Å². The van der Waals surface area contributed by atoms with Gasteiger partial charge >= 0.3 is 0 Å². The molecule has 29 heavy (non-hydrogen) atoms. The van der Waals surface area contributed by atoms with Crippen molar-refractivity contribution in [3.05, 3.63) is 47.7 Å². The predicted molar refractivity (Wildman–Crippen MR) is 110 cm³/mol. The lowest BCUT2D eigenvalue weighted by atomic mass is 9.71. The molecule has 1 aromatic carbocycles. The van der Waals surface area contributed by atoms with Gasteiger partial charge in [-0.25, -0.2) is 4.98 Å². The molecule has 7 nitrogen and oxygen atoms in total. The number of H-pyrrole nitrogens is 2. The average molecular weight is 390 g/mol. The quantitative estimate of drug-likeness (QED) is 0.716. The first-order valence-corrected chi connectivity index (χ1v) is 10.5. The third-order valence-corrected chi connectivity index (χ3v) is 6.99. The lowest BCUT2D eigenvalue weighted by Crippen LogP contribution is -2.61. The molecule has 2 aliphatic heterocycles. The Kier molecular flexibility index (Phi) is 3.66. The average Bonchev–Trinajstić information content (AvgIpc) is 3.12. The van der Waals surface area contributed by atoms with Crippen LogP contribution >= 0.6 is 0 Å². The van der Waals surface area contributed by atoms with Crippen molar-refractivity contribution >= 4 is 16.8 Å². The first kappa shape index (κ1) is 17.2. The zero-order valence-electron chi connectivity index (χ0n) is 16.7. The van der Waals surface area contributed by atoms with Crippen LogP contribution < -0.4 is 0 Å². The van der Waals surface area contributed by atoms with E-state index in [4.69, 9.17) is 4.98 Å². The molecule has 3 aliphatic rings. The van der Waals surface area contributed by atoms with E-state index in [9.17, 15) is 4.79 Å². The third kappa shape index (κ3) is 2.79. The summed E-state index contributed by atoms with van der Waals surface area (Å²) in [6.07, 6.45) is 4.85. The van der Waals surface area contributed by atoms with Crippen molar-refractivity contribution in [1.29, 1.82) is 0 Å². The minimum atomic E-state index is 0.102. The second-order valence-corrected chi connectivity index (χ2v) is 9.25. The van der Waals surface area contributed by atoms with E-state index in [0.29, 0.717) is 18.3 Å². The lowest BCUT2D eigenvalue weighted by molar-refractivity contribution is -0.142. The second kappa shape index (κ2) is 6.16. The summed E-state index contributed by atoms with van der Waals surface area (Å²) in [6, 6.07) is 8.16. The highest BCUT2D eigenvalue weighted by molar-refractivity contribution is 5.89. The minimum absolute atomic E-state index is 0.102. The molecule has 7 heteroatoms. The summed E-state index contributed by atoms with van der Waals surface area (Å²) < 4.78 is 0. The van der Waals surface area contributed by atoms with Gasteiger partial charge in [0.25, 0.3) is 0 Å². The van der Waals surface area contributed by atoms with Gasteiger partial charge in [0.1, 0.15) is 5.82 Å². The lowest BCUT2D eigenvalue weighted by Gasteiger charge is -2.50. The van der Waals surface area contributed by atoms with Gasteiger partial charge in [0.15, 0.2) is 5.82 Å². The smallest absolute Gasteiger partial charge is 0.227 e. The number of hydrogen-bond acceptors (Lipinski definition) is 4. The highest BCUT2D eigenvalue weighted by atomic mass is 16.2. The maximum Gasteiger partial charge on any atom is 0.227 e. The second-order valence-electron chi connectivity index (χ2n) is 9.25. The van der Waals surface area contributed by atoms with E-state index in [1.165, 1.54) is 12.8 Å². The van der Waals surface area contributed by atoms with E-state index < -0.39 is 0 Å². The largest absolute Gasteiger partial charge is 0.361 e. The Morgan fingerprint density at radius 1 is 1.24 bits per heavy atom. The van der Waals surface area contributed by atoms with Crippen molar-refractivity contribution in [2.75, 3.05) is 33.2 Å². The van der Waals surface area contributed by atoms with Crippen molar-refractivity contribution in [3.8, 4) is 0 Å². The van der Waals surface area contributed by atoms with Crippen molar-refractivity contribution in [3.63, 3.8) is 0 Å². The highest BCUT2D eigenvalue weighted by Gasteiger charge is 2.56. The van der Waals surface area contributed by atoms with Crippen LogP contribution in [0.5, 0.6) is 0 Å². The number of carbonyl (C=O) groups excluding carboxylic acids is 1. The molecule has 1 atom stereocenters. The fourth-order valence-electron chi connectivity index (χ4n) is 5.33. The molecule has 2 N–H and O–H groups in total. The molecule has 6 rings (SSSR count). The number of benzene rings is 1. The summed E-state index contributed by atoms with van der Waals surface area (Å²) in [5.74, 6) is 3.09. The maximum absolute atomic E-state index is 13.0. The van der Waals surface area contributed by atoms with Gasteiger partial charge in [-0.3, -0.25) is 9.89 Å². The van der Waals surface area contributed by atoms with Gasteiger partial charge in [-0.2, -0.15) is 5.10 Å². The number of fused-ring (bicyclic) bond motifs is 1. The molecule has 1 aliphatic carbocycles. The Hall–Kier alpha value is -2.67. The number of aromatic nitrogens is 4. The molecule has 1 unspecified atom stereocenters. The number of rotatable bonds is 4. The number of amides is 1. The fraction of sp³-hybridized carbons (Fsp3) is 0.500. The van der Waals surface area contributed by atoms with E-state index in [1.54, 1.807) is 0 Å². The number of nitrogens with zero attached hydrogens (tertiary/aromatic N) is 4. The number of para-hydroxylation sites is 1. The Morgan fingerprint density at radius 3 is 2.90 bits per heavy atom. The van der Waals surface area contributed by atoms with Gasteiger partial charge < -0.3 is 14.8 Å². The van der Waals surface area contributed by atoms with Gasteiger partial charge in [-0.15, -0.1) is 0 Å². The van der Waals surface area contributed by atoms with Crippen molar-refractivity contribution in [1.82, 2.24) is 30.0 Å². The van der Waals surface area contributed by atoms with Crippen LogP contribution in [-0.2, 0) is 11.2 Å². The van der Waals surface area contributed by atoms with Crippen LogP contribution in [-0.4, -0.2) is 69.1 Å². The molecule has 3 aromatic rings. The van der Waals surface area contributed by atoms with E-state index in [2.05, 4.69) is 33.2 Å². The van der Waals surface area contributed by atoms with Crippen LogP contribution in [0.25, 0.3) is 10.9 Å². The molecule has 4 heterocycles. The maximum atomic E-state index is 13.0. The number of aromatic amines is 2. The monoisotopic (exact) mass is 390 g/mol. The SMILES string of the molecule is CN1CC(c2nc(C3CC3)n[nH]2)C2(C1)CN(C(=O)Cc1c[nH]c3ccccc13)C2. The molecule has 1 saturated carbocycles. The van der Waals surface area contributed by atoms with Crippen LogP contribution in [0.15, 0.2) is 30.5 Å². The first-order chi connectivity index (χ1) is 14.1. The zero-order valence-corrected chi connectivity index (χ0v) is 16.7. The van der Waals surface area contributed by atoms with Crippen molar-refractivity contribution in [2.24, 2.45) is 5.41 Å². The third-order valence-electron chi connectivity index (χ3n) is 6.99. The molecule has 2 saturated heterocycles. The van der Waals surface area contributed by atoms with Gasteiger partial charge in [-0.1, -0.05) is 18.2 Å². The summed E-state index contributed by atoms with van der Waals surface area (Å²) in [4.78, 5) is 25.5. The number of nitrogens with one attached hydrogen (secondary N) is 2. The van der Waals surface area contributed by atoms with E-state index >= 15 is 0 Å². The molecular weight excluding hydrogens is 364 g/mol. The number of hydrogen-bond donors (Lipinski definition) is 2. The van der Waals surface area contributed by atoms with Crippen LogP contribution in [0, 0.1) is 5.41 Å². The number of carbonyl (C=O) groups is 1.